The van der Waals surface area contributed by atoms with Crippen LogP contribution in [0.1, 0.15) is 17.5 Å². The van der Waals surface area contributed by atoms with Crippen molar-refractivity contribution in [3.63, 3.8) is 0 Å². The molecule has 1 aliphatic heterocycles. The summed E-state index contributed by atoms with van der Waals surface area (Å²) in [6.07, 6.45) is 2.16. The molecule has 2 nitrogen and oxygen atoms in total. The van der Waals surface area contributed by atoms with Crippen LogP contribution in [0.2, 0.25) is 0 Å². The number of hydrogen-bond acceptors (Lipinski definition) is 2. The molecule has 0 fully saturated rings. The Morgan fingerprint density at radius 3 is 2.90 bits per heavy atom. The number of nitrogens with zero attached hydrogens (tertiary/aromatic N) is 1. The first kappa shape index (κ1) is 13.4. The van der Waals surface area contributed by atoms with Crippen molar-refractivity contribution in [3.05, 3.63) is 57.8 Å². The summed E-state index contributed by atoms with van der Waals surface area (Å²) in [4.78, 5) is 2.29. The molecule has 1 heterocycles. The molecule has 2 N–H and O–H groups in total. The second-order valence-corrected chi connectivity index (χ2v) is 6.00. The van der Waals surface area contributed by atoms with Crippen molar-refractivity contribution in [2.24, 2.45) is 0 Å². The van der Waals surface area contributed by atoms with Crippen LogP contribution in [-0.4, -0.2) is 6.54 Å². The number of fused-ring (bicyclic) bond motifs is 1. The molecule has 0 radical (unpaired) electrons. The molecule has 2 aromatic carbocycles. The van der Waals surface area contributed by atoms with E-state index in [1.54, 1.807) is 12.1 Å². The highest BCUT2D eigenvalue weighted by Crippen LogP contribution is 2.31. The van der Waals surface area contributed by atoms with E-state index < -0.39 is 0 Å². The third-order valence-corrected chi connectivity index (χ3v) is 4.46. The number of anilines is 2. The van der Waals surface area contributed by atoms with Crippen LogP contribution < -0.4 is 10.6 Å². The molecule has 0 atom stereocenters. The van der Waals surface area contributed by atoms with Gasteiger partial charge < -0.3 is 10.6 Å². The molecule has 2 aromatic rings. The Morgan fingerprint density at radius 2 is 2.05 bits per heavy atom. The second kappa shape index (κ2) is 5.44. The Bertz CT molecular complexity index is 642. The third kappa shape index (κ3) is 2.66. The van der Waals surface area contributed by atoms with Gasteiger partial charge in [0.15, 0.2) is 0 Å². The maximum Gasteiger partial charge on any atom is 0.123 e. The molecule has 0 saturated heterocycles. The van der Waals surface area contributed by atoms with E-state index in [1.807, 2.05) is 12.1 Å². The first-order valence-electron chi connectivity index (χ1n) is 6.71. The van der Waals surface area contributed by atoms with Crippen LogP contribution in [0.5, 0.6) is 0 Å². The molecule has 104 valence electrons. The van der Waals surface area contributed by atoms with E-state index >= 15 is 0 Å². The van der Waals surface area contributed by atoms with Gasteiger partial charge in [0.2, 0.25) is 0 Å². The molecule has 0 spiro atoms. The fourth-order valence-electron chi connectivity index (χ4n) is 2.73. The third-order valence-electron chi connectivity index (χ3n) is 3.69. The van der Waals surface area contributed by atoms with Gasteiger partial charge in [-0.15, -0.1) is 0 Å². The van der Waals surface area contributed by atoms with Crippen molar-refractivity contribution >= 4 is 27.3 Å². The van der Waals surface area contributed by atoms with E-state index in [0.717, 1.165) is 35.1 Å². The standard InChI is InChI=1S/C16H16BrFN2/c17-15-5-3-13(18)8-12(15)10-20-7-1-2-11-9-14(19)4-6-16(11)20/h3-6,8-9H,1-2,7,10,19H2. The van der Waals surface area contributed by atoms with Crippen LogP contribution in [0.15, 0.2) is 40.9 Å². The monoisotopic (exact) mass is 334 g/mol. The first-order chi connectivity index (χ1) is 9.63. The lowest BCUT2D eigenvalue weighted by molar-refractivity contribution is 0.622. The fraction of sp³-hybridized carbons (Fsp3) is 0.250. The molecular weight excluding hydrogens is 319 g/mol. The smallest absolute Gasteiger partial charge is 0.123 e. The minimum absolute atomic E-state index is 0.197. The summed E-state index contributed by atoms with van der Waals surface area (Å²) < 4.78 is 14.3. The fourth-order valence-corrected chi connectivity index (χ4v) is 3.10. The van der Waals surface area contributed by atoms with Gasteiger partial charge in [-0.1, -0.05) is 15.9 Å². The van der Waals surface area contributed by atoms with Crippen LogP contribution in [-0.2, 0) is 13.0 Å². The predicted molar refractivity (Wildman–Crippen MR) is 84.3 cm³/mol. The molecule has 0 bridgehead atoms. The highest BCUT2D eigenvalue weighted by molar-refractivity contribution is 9.10. The van der Waals surface area contributed by atoms with Gasteiger partial charge >= 0.3 is 0 Å². The lowest BCUT2D eigenvalue weighted by Crippen LogP contribution is -2.29. The van der Waals surface area contributed by atoms with E-state index in [1.165, 1.54) is 17.3 Å². The van der Waals surface area contributed by atoms with Crippen molar-refractivity contribution in [1.29, 1.82) is 0 Å². The maximum atomic E-state index is 13.4. The van der Waals surface area contributed by atoms with Gasteiger partial charge in [-0.05, 0) is 60.4 Å². The summed E-state index contributed by atoms with van der Waals surface area (Å²) in [5.41, 5.74) is 10.1. The molecule has 0 amide bonds. The van der Waals surface area contributed by atoms with Gasteiger partial charge in [-0.2, -0.15) is 0 Å². The summed E-state index contributed by atoms with van der Waals surface area (Å²) in [5, 5.41) is 0. The lowest BCUT2D eigenvalue weighted by atomic mass is 10.0. The zero-order valence-corrected chi connectivity index (χ0v) is 12.7. The second-order valence-electron chi connectivity index (χ2n) is 5.15. The van der Waals surface area contributed by atoms with Crippen LogP contribution in [0.4, 0.5) is 15.8 Å². The first-order valence-corrected chi connectivity index (χ1v) is 7.50. The van der Waals surface area contributed by atoms with E-state index in [9.17, 15) is 4.39 Å². The molecular formula is C16H16BrFN2. The number of rotatable bonds is 2. The Balaban J connectivity index is 1.91. The van der Waals surface area contributed by atoms with Crippen LogP contribution in [0.25, 0.3) is 0 Å². The van der Waals surface area contributed by atoms with Gasteiger partial charge in [0.25, 0.3) is 0 Å². The van der Waals surface area contributed by atoms with Crippen molar-refractivity contribution in [2.45, 2.75) is 19.4 Å². The molecule has 0 unspecified atom stereocenters. The van der Waals surface area contributed by atoms with Gasteiger partial charge in [0.1, 0.15) is 5.82 Å². The summed E-state index contributed by atoms with van der Waals surface area (Å²) in [5.74, 6) is -0.197. The minimum Gasteiger partial charge on any atom is -0.399 e. The Morgan fingerprint density at radius 1 is 1.20 bits per heavy atom. The van der Waals surface area contributed by atoms with E-state index in [0.29, 0.717) is 6.54 Å². The predicted octanol–water partition coefficient (Wildman–Crippen LogP) is 4.12. The molecule has 20 heavy (non-hydrogen) atoms. The summed E-state index contributed by atoms with van der Waals surface area (Å²) >= 11 is 3.50. The average molecular weight is 335 g/mol. The highest BCUT2D eigenvalue weighted by Gasteiger charge is 2.18. The quantitative estimate of drug-likeness (QED) is 0.837. The van der Waals surface area contributed by atoms with Crippen LogP contribution in [0.3, 0.4) is 0 Å². The van der Waals surface area contributed by atoms with Crippen LogP contribution in [0, 0.1) is 5.82 Å². The number of aryl methyl sites for hydroxylation is 1. The molecule has 4 heteroatoms. The number of benzene rings is 2. The van der Waals surface area contributed by atoms with Gasteiger partial charge in [0.05, 0.1) is 0 Å². The Labute approximate surface area is 126 Å². The zero-order valence-electron chi connectivity index (χ0n) is 11.1. The zero-order chi connectivity index (χ0) is 14.1. The largest absolute Gasteiger partial charge is 0.399 e. The van der Waals surface area contributed by atoms with Crippen molar-refractivity contribution in [3.8, 4) is 0 Å². The number of nitrogens with two attached hydrogens (primary N) is 1. The highest BCUT2D eigenvalue weighted by atomic mass is 79.9. The molecule has 0 aromatic heterocycles. The van der Waals surface area contributed by atoms with Crippen molar-refractivity contribution in [1.82, 2.24) is 0 Å². The van der Waals surface area contributed by atoms with Gasteiger partial charge in [0, 0.05) is 28.9 Å². The van der Waals surface area contributed by atoms with Crippen molar-refractivity contribution in [2.75, 3.05) is 17.2 Å². The normalized spacial score (nSPS) is 14.2. The van der Waals surface area contributed by atoms with E-state index in [-0.39, 0.29) is 5.82 Å². The molecule has 1 aliphatic rings. The SMILES string of the molecule is Nc1ccc2c(c1)CCCN2Cc1cc(F)ccc1Br. The number of nitrogen functional groups attached to an aromatic ring is 1. The van der Waals surface area contributed by atoms with E-state index in [4.69, 9.17) is 5.73 Å². The minimum atomic E-state index is -0.197. The van der Waals surface area contributed by atoms with E-state index in [2.05, 4.69) is 26.9 Å². The Hall–Kier alpha value is -1.55. The van der Waals surface area contributed by atoms with Crippen LogP contribution >= 0.6 is 15.9 Å². The number of halogens is 2. The molecule has 0 aliphatic carbocycles. The van der Waals surface area contributed by atoms with Gasteiger partial charge in [-0.3, -0.25) is 0 Å². The topological polar surface area (TPSA) is 29.3 Å². The maximum absolute atomic E-state index is 13.4. The summed E-state index contributed by atoms with van der Waals surface area (Å²) in [6, 6.07) is 10.9. The Kier molecular flexibility index (Phi) is 3.66. The lowest BCUT2D eigenvalue weighted by Gasteiger charge is -2.32. The molecule has 3 rings (SSSR count). The summed E-state index contributed by atoms with van der Waals surface area (Å²) in [6.45, 7) is 1.69. The molecule has 0 saturated carbocycles. The average Bonchev–Trinajstić information content (AvgIpc) is 2.43. The summed E-state index contributed by atoms with van der Waals surface area (Å²) in [7, 11) is 0. The van der Waals surface area contributed by atoms with Gasteiger partial charge in [-0.25, -0.2) is 4.39 Å². The van der Waals surface area contributed by atoms with Crippen molar-refractivity contribution < 1.29 is 4.39 Å². The number of hydrogen-bond donors (Lipinski definition) is 1.